The first-order chi connectivity index (χ1) is 11.5. The number of amides is 1. The molecule has 0 fully saturated rings. The second-order valence-corrected chi connectivity index (χ2v) is 8.36. The Hall–Kier alpha value is -1.74. The summed E-state index contributed by atoms with van der Waals surface area (Å²) in [5, 5.41) is 3.62. The Bertz CT molecular complexity index is 738. The van der Waals surface area contributed by atoms with Gasteiger partial charge in [0.25, 0.3) is 5.91 Å². The lowest BCUT2D eigenvalue weighted by Gasteiger charge is -2.17. The lowest BCUT2D eigenvalue weighted by Crippen LogP contribution is -2.27. The van der Waals surface area contributed by atoms with Crippen LogP contribution in [0.5, 0.6) is 0 Å². The Labute approximate surface area is 149 Å². The second kappa shape index (κ2) is 7.43. The number of carbonyl (C=O) groups is 1. The maximum atomic E-state index is 12.7. The van der Waals surface area contributed by atoms with Crippen LogP contribution in [-0.4, -0.2) is 11.2 Å². The molecule has 2 nitrogen and oxygen atoms in total. The maximum Gasteiger partial charge on any atom is 0.252 e. The van der Waals surface area contributed by atoms with Crippen molar-refractivity contribution in [1.29, 1.82) is 0 Å². The molecule has 0 radical (unpaired) electrons. The molecule has 1 aliphatic rings. The van der Waals surface area contributed by atoms with Gasteiger partial charge in [-0.1, -0.05) is 44.2 Å². The van der Waals surface area contributed by atoms with Gasteiger partial charge in [0, 0.05) is 10.1 Å². The zero-order chi connectivity index (χ0) is 17.1. The molecule has 0 aliphatic heterocycles. The topological polar surface area (TPSA) is 29.1 Å². The van der Waals surface area contributed by atoms with Crippen molar-refractivity contribution in [3.05, 3.63) is 64.7 Å². The van der Waals surface area contributed by atoms with E-state index in [2.05, 4.69) is 44.3 Å². The van der Waals surface area contributed by atoms with E-state index in [9.17, 15) is 4.79 Å². The monoisotopic (exact) mass is 339 g/mol. The molecule has 3 heteroatoms. The minimum absolute atomic E-state index is 0.00625. The lowest BCUT2D eigenvalue weighted by atomic mass is 10.0. The molecule has 1 aliphatic carbocycles. The molecule has 1 atom stereocenters. The highest BCUT2D eigenvalue weighted by Gasteiger charge is 2.17. The van der Waals surface area contributed by atoms with Crippen molar-refractivity contribution in [3.8, 4) is 0 Å². The highest BCUT2D eigenvalue weighted by Crippen LogP contribution is 2.28. The van der Waals surface area contributed by atoms with Gasteiger partial charge in [-0.05, 0) is 55.0 Å². The van der Waals surface area contributed by atoms with Gasteiger partial charge >= 0.3 is 0 Å². The summed E-state index contributed by atoms with van der Waals surface area (Å²) in [5.41, 5.74) is 4.88. The summed E-state index contributed by atoms with van der Waals surface area (Å²) in [7, 11) is 0. The number of nitrogens with one attached hydrogen (secondary N) is 1. The molecule has 0 saturated carbocycles. The Morgan fingerprint density at radius 1 is 1.04 bits per heavy atom. The third-order valence-corrected chi connectivity index (χ3v) is 5.55. The van der Waals surface area contributed by atoms with Gasteiger partial charge in [0.15, 0.2) is 0 Å². The summed E-state index contributed by atoms with van der Waals surface area (Å²) >= 11 is 1.73. The van der Waals surface area contributed by atoms with E-state index in [-0.39, 0.29) is 11.9 Å². The van der Waals surface area contributed by atoms with E-state index in [1.807, 2.05) is 24.3 Å². The number of thioether (sulfide) groups is 1. The van der Waals surface area contributed by atoms with Gasteiger partial charge in [-0.25, -0.2) is 0 Å². The van der Waals surface area contributed by atoms with Crippen LogP contribution in [0.2, 0.25) is 0 Å². The van der Waals surface area contributed by atoms with E-state index in [0.29, 0.717) is 5.25 Å². The third kappa shape index (κ3) is 3.84. The first kappa shape index (κ1) is 17.1. The highest BCUT2D eigenvalue weighted by molar-refractivity contribution is 8.00. The number of aryl methyl sites for hydroxylation is 2. The molecular weight excluding hydrogens is 314 g/mol. The fourth-order valence-electron chi connectivity index (χ4n) is 3.23. The van der Waals surface area contributed by atoms with Gasteiger partial charge in [0.1, 0.15) is 0 Å². The average Bonchev–Trinajstić information content (AvgIpc) is 3.02. The summed E-state index contributed by atoms with van der Waals surface area (Å²) in [6.07, 6.45) is 3.60. The van der Waals surface area contributed by atoms with Crippen LogP contribution in [0.4, 0.5) is 0 Å². The molecule has 0 heterocycles. The largest absolute Gasteiger partial charge is 0.345 e. The van der Waals surface area contributed by atoms with Crippen LogP contribution in [-0.2, 0) is 12.8 Å². The van der Waals surface area contributed by atoms with Crippen LogP contribution in [0, 0.1) is 0 Å². The summed E-state index contributed by atoms with van der Waals surface area (Å²) in [5.74, 6) is 0.00625. The summed E-state index contributed by atoms with van der Waals surface area (Å²) < 4.78 is 0. The average molecular weight is 340 g/mol. The van der Waals surface area contributed by atoms with Crippen LogP contribution >= 0.6 is 11.8 Å². The van der Waals surface area contributed by atoms with Crippen molar-refractivity contribution in [1.82, 2.24) is 5.32 Å². The normalized spacial score (nSPS) is 14.5. The first-order valence-corrected chi connectivity index (χ1v) is 9.61. The third-order valence-electron chi connectivity index (χ3n) is 4.46. The molecule has 126 valence electrons. The molecule has 1 amide bonds. The van der Waals surface area contributed by atoms with Gasteiger partial charge in [-0.3, -0.25) is 4.79 Å². The van der Waals surface area contributed by atoms with Gasteiger partial charge in [0.05, 0.1) is 11.6 Å². The van der Waals surface area contributed by atoms with E-state index in [1.54, 1.807) is 11.8 Å². The molecule has 2 aromatic carbocycles. The molecule has 0 spiro atoms. The lowest BCUT2D eigenvalue weighted by molar-refractivity contribution is 0.0937. The predicted molar refractivity (Wildman–Crippen MR) is 102 cm³/mol. The van der Waals surface area contributed by atoms with Crippen molar-refractivity contribution in [2.75, 3.05) is 0 Å². The van der Waals surface area contributed by atoms with Crippen LogP contribution in [0.1, 0.15) is 60.3 Å². The van der Waals surface area contributed by atoms with Gasteiger partial charge in [-0.2, -0.15) is 0 Å². The number of rotatable bonds is 5. The minimum atomic E-state index is 0.00625. The summed E-state index contributed by atoms with van der Waals surface area (Å²) in [6.45, 7) is 6.35. The van der Waals surface area contributed by atoms with Crippen LogP contribution < -0.4 is 5.32 Å². The molecule has 0 aromatic heterocycles. The van der Waals surface area contributed by atoms with Gasteiger partial charge in [0.2, 0.25) is 0 Å². The fraction of sp³-hybridized carbons (Fsp3) is 0.381. The molecular formula is C21H25NOS. The van der Waals surface area contributed by atoms with E-state index in [1.165, 1.54) is 29.5 Å². The fourth-order valence-corrected chi connectivity index (χ4v) is 4.18. The van der Waals surface area contributed by atoms with E-state index in [0.717, 1.165) is 16.9 Å². The second-order valence-electron chi connectivity index (χ2n) is 6.74. The Kier molecular flexibility index (Phi) is 5.30. The maximum absolute atomic E-state index is 12.7. The zero-order valence-corrected chi connectivity index (χ0v) is 15.5. The van der Waals surface area contributed by atoms with Crippen molar-refractivity contribution in [2.24, 2.45) is 0 Å². The number of carbonyl (C=O) groups excluding carboxylic acids is 1. The van der Waals surface area contributed by atoms with Gasteiger partial charge < -0.3 is 5.32 Å². The standard InChI is InChI=1S/C21H25NOS/c1-14(2)24-20-10-5-4-9-19(20)21(23)22-15(3)17-12-11-16-7-6-8-18(16)13-17/h4-5,9-15H,6-8H2,1-3H3,(H,22,23). The molecule has 3 rings (SSSR count). The number of fused-ring (bicyclic) bond motifs is 1. The molecule has 1 unspecified atom stereocenters. The van der Waals surface area contributed by atoms with Crippen LogP contribution in [0.25, 0.3) is 0 Å². The SMILES string of the molecule is CC(C)Sc1ccccc1C(=O)NC(C)c1ccc2c(c1)CCC2. The zero-order valence-electron chi connectivity index (χ0n) is 14.6. The predicted octanol–water partition coefficient (Wildman–Crippen LogP) is 5.17. The number of benzene rings is 2. The Morgan fingerprint density at radius 3 is 2.58 bits per heavy atom. The van der Waals surface area contributed by atoms with Crippen molar-refractivity contribution in [3.63, 3.8) is 0 Å². The molecule has 0 saturated heterocycles. The van der Waals surface area contributed by atoms with Crippen LogP contribution in [0.3, 0.4) is 0 Å². The number of hydrogen-bond donors (Lipinski definition) is 1. The first-order valence-electron chi connectivity index (χ1n) is 8.73. The minimum Gasteiger partial charge on any atom is -0.345 e. The van der Waals surface area contributed by atoms with Crippen molar-refractivity contribution < 1.29 is 4.79 Å². The molecule has 0 bridgehead atoms. The van der Waals surface area contributed by atoms with Crippen molar-refractivity contribution in [2.45, 2.75) is 56.2 Å². The molecule has 1 N–H and O–H groups in total. The van der Waals surface area contributed by atoms with E-state index < -0.39 is 0 Å². The molecule has 2 aromatic rings. The number of hydrogen-bond acceptors (Lipinski definition) is 2. The highest BCUT2D eigenvalue weighted by atomic mass is 32.2. The van der Waals surface area contributed by atoms with Gasteiger partial charge in [-0.15, -0.1) is 11.8 Å². The summed E-state index contributed by atoms with van der Waals surface area (Å²) in [6, 6.07) is 14.5. The Balaban J connectivity index is 1.75. The summed E-state index contributed by atoms with van der Waals surface area (Å²) in [4.78, 5) is 13.8. The smallest absolute Gasteiger partial charge is 0.252 e. The van der Waals surface area contributed by atoms with E-state index in [4.69, 9.17) is 0 Å². The quantitative estimate of drug-likeness (QED) is 0.762. The van der Waals surface area contributed by atoms with Crippen LogP contribution in [0.15, 0.2) is 47.4 Å². The van der Waals surface area contributed by atoms with E-state index >= 15 is 0 Å². The molecule has 24 heavy (non-hydrogen) atoms. The Morgan fingerprint density at radius 2 is 1.79 bits per heavy atom. The van der Waals surface area contributed by atoms with Crippen molar-refractivity contribution >= 4 is 17.7 Å².